The maximum absolute atomic E-state index is 13.4. The molecule has 1 amide bonds. The summed E-state index contributed by atoms with van der Waals surface area (Å²) in [5.41, 5.74) is 1.94. The third kappa shape index (κ3) is 5.73. The minimum Gasteiger partial charge on any atom is -0.507 e. The number of aliphatic hydroxyl groups excluding tert-OH is 1. The number of Topliss-reactive ketones (excluding diaryl/α,β-unsaturated/α-hetero) is 1. The maximum Gasteiger partial charge on any atom is 0.295 e. The number of carbonyl (C=O) groups excluding carboxylic acids is 2. The van der Waals surface area contributed by atoms with Crippen LogP contribution in [0.4, 0.5) is 0 Å². The summed E-state index contributed by atoms with van der Waals surface area (Å²) in [4.78, 5) is 30.3. The van der Waals surface area contributed by atoms with Crippen molar-refractivity contribution in [2.75, 3.05) is 40.9 Å². The van der Waals surface area contributed by atoms with Gasteiger partial charge in [0.15, 0.2) is 0 Å². The number of amides is 1. The van der Waals surface area contributed by atoms with Crippen molar-refractivity contribution in [3.05, 3.63) is 64.7 Å². The van der Waals surface area contributed by atoms with Crippen LogP contribution in [-0.2, 0) is 15.0 Å². The Kier molecular flexibility index (Phi) is 8.46. The highest BCUT2D eigenvalue weighted by atomic mass is 16.5. The zero-order valence-corrected chi connectivity index (χ0v) is 22.4. The fraction of sp³-hybridized carbons (Fsp3) is 0.448. The third-order valence-electron chi connectivity index (χ3n) is 6.35. The maximum atomic E-state index is 13.4. The molecule has 1 N–H and O–H groups in total. The van der Waals surface area contributed by atoms with Crippen LogP contribution in [0.15, 0.2) is 48.0 Å². The summed E-state index contributed by atoms with van der Waals surface area (Å²) < 4.78 is 11.2. The summed E-state index contributed by atoms with van der Waals surface area (Å²) in [5.74, 6) is -0.485. The normalized spacial score (nSPS) is 17.7. The van der Waals surface area contributed by atoms with Gasteiger partial charge in [-0.1, -0.05) is 39.0 Å². The van der Waals surface area contributed by atoms with Crippen LogP contribution in [0.2, 0.25) is 0 Å². The van der Waals surface area contributed by atoms with E-state index in [0.29, 0.717) is 42.2 Å². The first-order chi connectivity index (χ1) is 17.0. The van der Waals surface area contributed by atoms with E-state index in [9.17, 15) is 14.7 Å². The number of likely N-dealkylation sites (tertiary alicyclic amines) is 1. The van der Waals surface area contributed by atoms with Crippen LogP contribution in [0, 0.1) is 0 Å². The predicted molar refractivity (Wildman–Crippen MR) is 141 cm³/mol. The second-order valence-electron chi connectivity index (χ2n) is 10.3. The van der Waals surface area contributed by atoms with E-state index in [-0.39, 0.29) is 16.7 Å². The highest BCUT2D eigenvalue weighted by Crippen LogP contribution is 2.42. The lowest BCUT2D eigenvalue weighted by Crippen LogP contribution is -2.32. The largest absolute Gasteiger partial charge is 0.507 e. The number of benzene rings is 2. The Morgan fingerprint density at radius 1 is 1.11 bits per heavy atom. The number of ether oxygens (including phenoxy) is 2. The second-order valence-corrected chi connectivity index (χ2v) is 10.3. The highest BCUT2D eigenvalue weighted by molar-refractivity contribution is 6.46. The molecule has 7 heteroatoms. The molecule has 1 aliphatic heterocycles. The van der Waals surface area contributed by atoms with Crippen LogP contribution >= 0.6 is 0 Å². The first kappa shape index (κ1) is 27.3. The zero-order valence-electron chi connectivity index (χ0n) is 22.4. The number of methoxy groups -OCH3 is 1. The molecular weight excluding hydrogens is 456 g/mol. The Labute approximate surface area is 214 Å². The van der Waals surface area contributed by atoms with Gasteiger partial charge in [0.2, 0.25) is 0 Å². The van der Waals surface area contributed by atoms with Crippen molar-refractivity contribution in [1.82, 2.24) is 9.80 Å². The minimum atomic E-state index is -0.740. The molecule has 0 bridgehead atoms. The molecule has 1 fully saturated rings. The SMILES string of the molecule is CCOc1cccc(C2/C(=C(\O)c3cc(C(C)(C)C)ccc3OC)C(=O)C(=O)N2CCCN(C)C)c1. The number of hydrogen-bond donors (Lipinski definition) is 1. The van der Waals surface area contributed by atoms with E-state index in [0.717, 1.165) is 12.1 Å². The molecular formula is C29H38N2O5. The molecule has 1 atom stereocenters. The molecule has 36 heavy (non-hydrogen) atoms. The monoisotopic (exact) mass is 494 g/mol. The molecule has 0 spiro atoms. The third-order valence-corrected chi connectivity index (χ3v) is 6.35. The number of aliphatic hydroxyl groups is 1. The summed E-state index contributed by atoms with van der Waals surface area (Å²) in [6.45, 7) is 9.74. The van der Waals surface area contributed by atoms with Crippen LogP contribution < -0.4 is 9.47 Å². The molecule has 0 aliphatic carbocycles. The summed E-state index contributed by atoms with van der Waals surface area (Å²) in [7, 11) is 5.45. The van der Waals surface area contributed by atoms with Crippen LogP contribution in [0.5, 0.6) is 11.5 Å². The van der Waals surface area contributed by atoms with Crippen LogP contribution in [0.25, 0.3) is 5.76 Å². The van der Waals surface area contributed by atoms with Crippen molar-refractivity contribution in [3.63, 3.8) is 0 Å². The van der Waals surface area contributed by atoms with Gasteiger partial charge in [0.05, 0.1) is 30.9 Å². The molecule has 2 aromatic carbocycles. The molecule has 194 valence electrons. The quantitative estimate of drug-likeness (QED) is 0.308. The van der Waals surface area contributed by atoms with Crippen molar-refractivity contribution in [2.24, 2.45) is 0 Å². The molecule has 0 radical (unpaired) electrons. The zero-order chi connectivity index (χ0) is 26.6. The lowest BCUT2D eigenvalue weighted by molar-refractivity contribution is -0.139. The molecule has 7 nitrogen and oxygen atoms in total. The lowest BCUT2D eigenvalue weighted by Gasteiger charge is -2.26. The van der Waals surface area contributed by atoms with Crippen LogP contribution in [0.3, 0.4) is 0 Å². The van der Waals surface area contributed by atoms with E-state index in [1.54, 1.807) is 11.0 Å². The van der Waals surface area contributed by atoms with E-state index in [4.69, 9.17) is 9.47 Å². The smallest absolute Gasteiger partial charge is 0.295 e. The van der Waals surface area contributed by atoms with Gasteiger partial charge in [-0.05, 0) is 74.8 Å². The number of ketones is 1. The standard InChI is InChI=1S/C29H38N2O5/c1-8-36-21-12-9-11-19(17-21)25-24(27(33)28(34)31(25)16-10-15-30(5)6)26(32)22-18-20(29(2,3)4)13-14-23(22)35-7/h9,11-14,17-18,25,32H,8,10,15-16H2,1-7H3/b26-24+. The van der Waals surface area contributed by atoms with Crippen LogP contribution in [-0.4, -0.2) is 67.5 Å². The molecule has 0 saturated carbocycles. The number of nitrogens with zero attached hydrogens (tertiary/aromatic N) is 2. The Hall–Kier alpha value is -3.32. The van der Waals surface area contributed by atoms with E-state index in [1.165, 1.54) is 7.11 Å². The van der Waals surface area contributed by atoms with Gasteiger partial charge in [0.1, 0.15) is 17.3 Å². The molecule has 1 aliphatic rings. The summed E-state index contributed by atoms with van der Waals surface area (Å²) in [6, 6.07) is 12.2. The molecule has 1 heterocycles. The Morgan fingerprint density at radius 3 is 2.44 bits per heavy atom. The topological polar surface area (TPSA) is 79.3 Å². The highest BCUT2D eigenvalue weighted by Gasteiger charge is 2.46. The van der Waals surface area contributed by atoms with Crippen molar-refractivity contribution in [1.29, 1.82) is 0 Å². The van der Waals surface area contributed by atoms with Gasteiger partial charge in [0, 0.05) is 6.54 Å². The van der Waals surface area contributed by atoms with Gasteiger partial charge in [-0.2, -0.15) is 0 Å². The molecule has 1 saturated heterocycles. The number of hydrogen-bond acceptors (Lipinski definition) is 6. The van der Waals surface area contributed by atoms with E-state index >= 15 is 0 Å². The first-order valence-corrected chi connectivity index (χ1v) is 12.3. The average molecular weight is 495 g/mol. The van der Waals surface area contributed by atoms with Gasteiger partial charge >= 0.3 is 0 Å². The van der Waals surface area contributed by atoms with Gasteiger partial charge < -0.3 is 24.4 Å². The van der Waals surface area contributed by atoms with Crippen molar-refractivity contribution in [3.8, 4) is 11.5 Å². The molecule has 0 aromatic heterocycles. The second kappa shape index (κ2) is 11.2. The van der Waals surface area contributed by atoms with Gasteiger partial charge in [-0.25, -0.2) is 0 Å². The van der Waals surface area contributed by atoms with Crippen LogP contribution in [0.1, 0.15) is 56.8 Å². The fourth-order valence-electron chi connectivity index (χ4n) is 4.46. The number of rotatable bonds is 9. The predicted octanol–water partition coefficient (Wildman–Crippen LogP) is 4.76. The van der Waals surface area contributed by atoms with Crippen molar-refractivity contribution >= 4 is 17.4 Å². The molecule has 1 unspecified atom stereocenters. The van der Waals surface area contributed by atoms with E-state index in [2.05, 4.69) is 20.8 Å². The van der Waals surface area contributed by atoms with Crippen molar-refractivity contribution in [2.45, 2.75) is 45.6 Å². The number of carbonyl (C=O) groups is 2. The summed E-state index contributed by atoms with van der Waals surface area (Å²) in [6.07, 6.45) is 0.685. The molecule has 3 rings (SSSR count). The first-order valence-electron chi connectivity index (χ1n) is 12.3. The average Bonchev–Trinajstić information content (AvgIpc) is 3.08. The Balaban J connectivity index is 2.21. The lowest BCUT2D eigenvalue weighted by atomic mass is 9.85. The summed E-state index contributed by atoms with van der Waals surface area (Å²) in [5, 5.41) is 11.6. The van der Waals surface area contributed by atoms with E-state index < -0.39 is 17.7 Å². The minimum absolute atomic E-state index is 0.0582. The van der Waals surface area contributed by atoms with Gasteiger partial charge in [-0.15, -0.1) is 0 Å². The van der Waals surface area contributed by atoms with Gasteiger partial charge in [0.25, 0.3) is 11.7 Å². The van der Waals surface area contributed by atoms with E-state index in [1.807, 2.05) is 62.3 Å². The fourth-order valence-corrected chi connectivity index (χ4v) is 4.46. The van der Waals surface area contributed by atoms with Crippen molar-refractivity contribution < 1.29 is 24.2 Å². The Bertz CT molecular complexity index is 1150. The molecule has 2 aromatic rings. The summed E-state index contributed by atoms with van der Waals surface area (Å²) >= 11 is 0. The Morgan fingerprint density at radius 2 is 1.83 bits per heavy atom. The van der Waals surface area contributed by atoms with Gasteiger partial charge in [-0.3, -0.25) is 9.59 Å².